The number of anilines is 2. The number of aryl methyl sites for hydroxylation is 1. The Balaban J connectivity index is 1.67. The van der Waals surface area contributed by atoms with E-state index in [0.717, 1.165) is 5.56 Å². The molecule has 1 aliphatic heterocycles. The van der Waals surface area contributed by atoms with E-state index in [4.69, 9.17) is 9.47 Å². The van der Waals surface area contributed by atoms with Gasteiger partial charge in [0.15, 0.2) is 5.75 Å². The van der Waals surface area contributed by atoms with Crippen LogP contribution in [-0.2, 0) is 10.0 Å². The normalized spacial score (nSPS) is 17.7. The predicted molar refractivity (Wildman–Crippen MR) is 164 cm³/mol. The highest BCUT2D eigenvalue weighted by Crippen LogP contribution is 2.35. The summed E-state index contributed by atoms with van der Waals surface area (Å²) in [6.07, 6.45) is -0.710. The molecule has 0 spiro atoms. The Morgan fingerprint density at radius 1 is 1.12 bits per heavy atom. The summed E-state index contributed by atoms with van der Waals surface area (Å²) in [6, 6.07) is 17.1. The Bertz CT molecular complexity index is 1550. The molecule has 0 aliphatic carbocycles. The number of hydrogen-bond acceptors (Lipinski definition) is 7. The first-order chi connectivity index (χ1) is 20.4. The van der Waals surface area contributed by atoms with Crippen molar-refractivity contribution in [2.45, 2.75) is 37.8 Å². The Kier molecular flexibility index (Phi) is 9.95. The van der Waals surface area contributed by atoms with Gasteiger partial charge in [-0.1, -0.05) is 30.7 Å². The molecule has 12 heteroatoms. The standard InChI is InChI=1S/C31H38N4O7S/c1-20-9-15-25(16-10-20)43(39,40)34(4)18-28-21(2)17-35(22(3)19-36)30(37)26-7-6-8-27(29(26)42-28)33-31(38)32-23-11-13-24(41-5)14-12-23/h6-16,21-22,28,36H,17-19H2,1-5H3,(H2,32,33,38)/t21-,22-,28+/m1/s1. The van der Waals surface area contributed by atoms with Gasteiger partial charge in [-0.3, -0.25) is 4.79 Å². The molecule has 0 aromatic heterocycles. The van der Waals surface area contributed by atoms with Crippen molar-refractivity contribution in [1.82, 2.24) is 9.21 Å². The lowest BCUT2D eigenvalue weighted by Crippen LogP contribution is -2.50. The molecule has 43 heavy (non-hydrogen) atoms. The predicted octanol–water partition coefficient (Wildman–Crippen LogP) is 4.19. The number of nitrogens with one attached hydrogen (secondary N) is 2. The summed E-state index contributed by atoms with van der Waals surface area (Å²) in [5.41, 5.74) is 1.88. The van der Waals surface area contributed by atoms with Crippen LogP contribution >= 0.6 is 0 Å². The second-order valence-corrected chi connectivity index (χ2v) is 12.8. The minimum absolute atomic E-state index is 0.0290. The third-order valence-electron chi connectivity index (χ3n) is 7.45. The van der Waals surface area contributed by atoms with Crippen molar-refractivity contribution < 1.29 is 32.6 Å². The van der Waals surface area contributed by atoms with Crippen LogP contribution in [0.25, 0.3) is 0 Å². The van der Waals surface area contributed by atoms with Gasteiger partial charge >= 0.3 is 6.03 Å². The third-order valence-corrected chi connectivity index (χ3v) is 9.29. The van der Waals surface area contributed by atoms with Gasteiger partial charge in [-0.05, 0) is 62.4 Å². The zero-order chi connectivity index (χ0) is 31.3. The maximum Gasteiger partial charge on any atom is 0.323 e. The number of aliphatic hydroxyl groups is 1. The van der Waals surface area contributed by atoms with E-state index in [1.165, 1.54) is 11.4 Å². The molecular weight excluding hydrogens is 572 g/mol. The van der Waals surface area contributed by atoms with Crippen LogP contribution in [0.15, 0.2) is 71.6 Å². The fourth-order valence-electron chi connectivity index (χ4n) is 4.76. The largest absolute Gasteiger partial charge is 0.497 e. The number of carbonyl (C=O) groups is 2. The quantitative estimate of drug-likeness (QED) is 0.330. The SMILES string of the molecule is COc1ccc(NC(=O)Nc2cccc3c2O[C@@H](CN(C)S(=O)(=O)c2ccc(C)cc2)[C@H](C)CN([C@H](C)CO)C3=O)cc1. The monoisotopic (exact) mass is 610 g/mol. The molecule has 0 saturated carbocycles. The van der Waals surface area contributed by atoms with Crippen molar-refractivity contribution in [3.05, 3.63) is 77.9 Å². The average Bonchev–Trinajstić information content (AvgIpc) is 2.99. The molecule has 3 N–H and O–H groups in total. The van der Waals surface area contributed by atoms with Gasteiger partial charge in [-0.2, -0.15) is 4.31 Å². The van der Waals surface area contributed by atoms with E-state index in [1.807, 2.05) is 13.8 Å². The number of nitrogens with zero attached hydrogens (tertiary/aromatic N) is 2. The van der Waals surface area contributed by atoms with E-state index >= 15 is 0 Å². The number of aliphatic hydroxyl groups excluding tert-OH is 1. The van der Waals surface area contributed by atoms with Crippen LogP contribution in [0.4, 0.5) is 16.2 Å². The first-order valence-corrected chi connectivity index (χ1v) is 15.3. The average molecular weight is 611 g/mol. The van der Waals surface area contributed by atoms with Crippen molar-refractivity contribution in [3.8, 4) is 11.5 Å². The van der Waals surface area contributed by atoms with Crippen LogP contribution in [-0.4, -0.2) is 80.7 Å². The van der Waals surface area contributed by atoms with Crippen molar-refractivity contribution >= 4 is 33.3 Å². The summed E-state index contributed by atoms with van der Waals surface area (Å²) in [4.78, 5) is 28.4. The number of amides is 3. The molecule has 230 valence electrons. The van der Waals surface area contributed by atoms with Crippen LogP contribution in [0, 0.1) is 12.8 Å². The van der Waals surface area contributed by atoms with Crippen molar-refractivity contribution in [2.24, 2.45) is 5.92 Å². The molecule has 3 aromatic rings. The highest BCUT2D eigenvalue weighted by Gasteiger charge is 2.36. The molecular formula is C31H38N4O7S. The lowest BCUT2D eigenvalue weighted by atomic mass is 9.99. The van der Waals surface area contributed by atoms with E-state index in [2.05, 4.69) is 10.6 Å². The zero-order valence-corrected chi connectivity index (χ0v) is 25.7. The molecule has 0 radical (unpaired) electrons. The number of para-hydroxylation sites is 1. The minimum Gasteiger partial charge on any atom is -0.497 e. The topological polar surface area (TPSA) is 138 Å². The number of likely N-dealkylation sites (N-methyl/N-ethyl adjacent to an activating group) is 1. The van der Waals surface area contributed by atoms with Crippen molar-refractivity contribution in [2.75, 3.05) is 44.5 Å². The fraction of sp³-hybridized carbons (Fsp3) is 0.355. The number of rotatable bonds is 9. The molecule has 11 nitrogen and oxygen atoms in total. The Hall–Kier alpha value is -4.13. The maximum atomic E-state index is 13.7. The molecule has 3 aromatic carbocycles. The molecule has 0 bridgehead atoms. The molecule has 4 rings (SSSR count). The first-order valence-electron chi connectivity index (χ1n) is 13.9. The Morgan fingerprint density at radius 2 is 1.79 bits per heavy atom. The molecule has 3 amide bonds. The highest BCUT2D eigenvalue weighted by molar-refractivity contribution is 7.89. The third kappa shape index (κ3) is 7.27. The lowest BCUT2D eigenvalue weighted by Gasteiger charge is -2.38. The molecule has 1 heterocycles. The van der Waals surface area contributed by atoms with Gasteiger partial charge in [-0.15, -0.1) is 0 Å². The molecule has 0 saturated heterocycles. The number of carbonyl (C=O) groups excluding carboxylic acids is 2. The number of hydrogen-bond donors (Lipinski definition) is 3. The first kappa shape index (κ1) is 31.8. The summed E-state index contributed by atoms with van der Waals surface area (Å²) < 4.78 is 39.7. The van der Waals surface area contributed by atoms with Crippen LogP contribution in [0.2, 0.25) is 0 Å². The summed E-state index contributed by atoms with van der Waals surface area (Å²) in [7, 11) is -0.816. The minimum atomic E-state index is -3.85. The van der Waals surface area contributed by atoms with E-state index < -0.39 is 28.2 Å². The van der Waals surface area contributed by atoms with Gasteiger partial charge in [0, 0.05) is 25.2 Å². The lowest BCUT2D eigenvalue weighted by molar-refractivity contribution is 0.0389. The molecule has 0 fully saturated rings. The summed E-state index contributed by atoms with van der Waals surface area (Å²) in [5, 5.41) is 15.4. The number of benzene rings is 3. The molecule has 3 atom stereocenters. The Labute approximate surface area is 252 Å². The van der Waals surface area contributed by atoms with Gasteiger partial charge in [0.05, 0.1) is 42.4 Å². The Morgan fingerprint density at radius 3 is 2.42 bits per heavy atom. The molecule has 1 aliphatic rings. The van der Waals surface area contributed by atoms with Gasteiger partial charge in [-0.25, -0.2) is 13.2 Å². The van der Waals surface area contributed by atoms with Gasteiger partial charge < -0.3 is 30.1 Å². The van der Waals surface area contributed by atoms with Gasteiger partial charge in [0.25, 0.3) is 5.91 Å². The zero-order valence-electron chi connectivity index (χ0n) is 24.9. The number of ether oxygens (including phenoxy) is 2. The number of urea groups is 1. The van der Waals surface area contributed by atoms with E-state index in [0.29, 0.717) is 11.4 Å². The number of sulfonamides is 1. The van der Waals surface area contributed by atoms with Crippen LogP contribution in [0.1, 0.15) is 29.8 Å². The second kappa shape index (κ2) is 13.4. The maximum absolute atomic E-state index is 13.7. The van der Waals surface area contributed by atoms with Gasteiger partial charge in [0.1, 0.15) is 11.9 Å². The fourth-order valence-corrected chi connectivity index (χ4v) is 5.94. The summed E-state index contributed by atoms with van der Waals surface area (Å²) >= 11 is 0. The van der Waals surface area contributed by atoms with Crippen LogP contribution < -0.4 is 20.1 Å². The van der Waals surface area contributed by atoms with Crippen molar-refractivity contribution in [1.29, 1.82) is 0 Å². The number of fused-ring (bicyclic) bond motifs is 1. The second-order valence-electron chi connectivity index (χ2n) is 10.7. The van der Waals surface area contributed by atoms with E-state index in [9.17, 15) is 23.1 Å². The van der Waals surface area contributed by atoms with Crippen molar-refractivity contribution in [3.63, 3.8) is 0 Å². The molecule has 0 unspecified atom stereocenters. The smallest absolute Gasteiger partial charge is 0.323 e. The number of methoxy groups -OCH3 is 1. The summed E-state index contributed by atoms with van der Waals surface area (Å²) in [5.74, 6) is 0.0355. The highest BCUT2D eigenvalue weighted by atomic mass is 32.2. The summed E-state index contributed by atoms with van der Waals surface area (Å²) in [6.45, 7) is 5.41. The van der Waals surface area contributed by atoms with E-state index in [-0.39, 0.29) is 53.4 Å². The van der Waals surface area contributed by atoms with Gasteiger partial charge in [0.2, 0.25) is 10.0 Å². The van der Waals surface area contributed by atoms with Crippen LogP contribution in [0.3, 0.4) is 0 Å². The van der Waals surface area contributed by atoms with E-state index in [1.54, 1.807) is 85.7 Å². The van der Waals surface area contributed by atoms with Crippen LogP contribution in [0.5, 0.6) is 11.5 Å².